The molecule has 0 fully saturated rings. The van der Waals surface area contributed by atoms with Gasteiger partial charge in [0, 0.05) is 22.8 Å². The van der Waals surface area contributed by atoms with Crippen LogP contribution in [0, 0.1) is 23.0 Å². The monoisotopic (exact) mass is 303 g/mol. The smallest absolute Gasteiger partial charge is 0.326 e. The van der Waals surface area contributed by atoms with Crippen LogP contribution in [0.15, 0.2) is 24.3 Å². The van der Waals surface area contributed by atoms with Gasteiger partial charge in [0.05, 0.1) is 4.92 Å². The number of nitrogens with one attached hydrogen (secondary N) is 1. The first-order valence-corrected chi connectivity index (χ1v) is 6.85. The summed E-state index contributed by atoms with van der Waals surface area (Å²) >= 11 is 0. The summed E-state index contributed by atoms with van der Waals surface area (Å²) < 4.78 is 0. The molecule has 1 atom stereocenters. The van der Waals surface area contributed by atoms with Crippen molar-refractivity contribution in [2.75, 3.05) is 5.32 Å². The summed E-state index contributed by atoms with van der Waals surface area (Å²) in [5, 5.41) is 23.9. The normalized spacial score (nSPS) is 12.4. The zero-order valence-corrected chi connectivity index (χ0v) is 12.5. The molecule has 1 aromatic heterocycles. The Morgan fingerprint density at radius 2 is 2.09 bits per heavy atom. The minimum absolute atomic E-state index is 0.0966. The molecule has 7 nitrogen and oxygen atoms in total. The third-order valence-electron chi connectivity index (χ3n) is 3.39. The summed E-state index contributed by atoms with van der Waals surface area (Å²) in [6.45, 7) is 5.31. The number of benzene rings is 1. The lowest BCUT2D eigenvalue weighted by atomic mass is 10.0. The van der Waals surface area contributed by atoms with E-state index in [2.05, 4.69) is 10.3 Å². The molecule has 0 unspecified atom stereocenters. The second-order valence-corrected chi connectivity index (χ2v) is 5.45. The van der Waals surface area contributed by atoms with E-state index < -0.39 is 16.9 Å². The second kappa shape index (κ2) is 5.97. The van der Waals surface area contributed by atoms with E-state index in [-0.39, 0.29) is 17.1 Å². The van der Waals surface area contributed by atoms with Gasteiger partial charge in [-0.3, -0.25) is 10.1 Å². The van der Waals surface area contributed by atoms with Crippen molar-refractivity contribution in [2.24, 2.45) is 5.92 Å². The van der Waals surface area contributed by atoms with Crippen molar-refractivity contribution in [3.05, 3.63) is 40.1 Å². The van der Waals surface area contributed by atoms with Crippen molar-refractivity contribution in [1.29, 1.82) is 0 Å². The highest BCUT2D eigenvalue weighted by Crippen LogP contribution is 2.30. The molecule has 0 saturated carbocycles. The molecule has 22 heavy (non-hydrogen) atoms. The fraction of sp³-hybridized carbons (Fsp3) is 0.333. The molecular weight excluding hydrogens is 286 g/mol. The number of non-ortho nitro benzene ring substituents is 1. The van der Waals surface area contributed by atoms with Gasteiger partial charge in [-0.2, -0.15) is 0 Å². The number of anilines is 1. The van der Waals surface area contributed by atoms with Gasteiger partial charge in [-0.25, -0.2) is 9.78 Å². The molecule has 0 aliphatic carbocycles. The molecule has 0 aliphatic heterocycles. The highest BCUT2D eigenvalue weighted by Gasteiger charge is 2.23. The minimum atomic E-state index is -0.969. The van der Waals surface area contributed by atoms with Crippen molar-refractivity contribution in [3.63, 3.8) is 0 Å². The number of aryl methyl sites for hydroxylation is 1. The Morgan fingerprint density at radius 3 is 2.64 bits per heavy atom. The number of carboxylic acid groups (broad SMARTS) is 1. The highest BCUT2D eigenvalue weighted by atomic mass is 16.6. The number of carboxylic acids is 1. The largest absolute Gasteiger partial charge is 0.480 e. The number of para-hydroxylation sites is 1. The van der Waals surface area contributed by atoms with Gasteiger partial charge in [0.1, 0.15) is 6.04 Å². The molecule has 0 aliphatic rings. The lowest BCUT2D eigenvalue weighted by Crippen LogP contribution is -2.34. The quantitative estimate of drug-likeness (QED) is 0.649. The Hall–Kier alpha value is -2.70. The van der Waals surface area contributed by atoms with E-state index in [9.17, 15) is 20.0 Å². The molecule has 1 heterocycles. The molecule has 0 amide bonds. The molecule has 0 spiro atoms. The lowest BCUT2D eigenvalue weighted by molar-refractivity contribution is -0.383. The molecule has 0 bridgehead atoms. The van der Waals surface area contributed by atoms with E-state index in [0.717, 1.165) is 0 Å². The van der Waals surface area contributed by atoms with Crippen LogP contribution in [-0.4, -0.2) is 27.0 Å². The van der Waals surface area contributed by atoms with Crippen LogP contribution in [0.5, 0.6) is 0 Å². The van der Waals surface area contributed by atoms with E-state index in [4.69, 9.17) is 0 Å². The molecule has 2 aromatic rings. The number of rotatable bonds is 5. The Balaban J connectivity index is 2.61. The van der Waals surface area contributed by atoms with Gasteiger partial charge in [0.15, 0.2) is 5.52 Å². The number of nitro benzene ring substituents is 1. The predicted molar refractivity (Wildman–Crippen MR) is 83.0 cm³/mol. The van der Waals surface area contributed by atoms with Gasteiger partial charge in [0.2, 0.25) is 0 Å². The van der Waals surface area contributed by atoms with E-state index in [1.165, 1.54) is 6.07 Å². The maximum Gasteiger partial charge on any atom is 0.326 e. The van der Waals surface area contributed by atoms with Gasteiger partial charge < -0.3 is 10.4 Å². The first kappa shape index (κ1) is 15.7. The van der Waals surface area contributed by atoms with Crippen LogP contribution in [0.3, 0.4) is 0 Å². The summed E-state index contributed by atoms with van der Waals surface area (Å²) in [6.07, 6.45) is 0. The number of hydrogen-bond donors (Lipinski definition) is 2. The maximum absolute atomic E-state index is 11.4. The molecule has 2 N–H and O–H groups in total. The third-order valence-corrected chi connectivity index (χ3v) is 3.39. The molecular formula is C15H17N3O4. The molecule has 2 rings (SSSR count). The average molecular weight is 303 g/mol. The Morgan fingerprint density at radius 1 is 1.41 bits per heavy atom. The van der Waals surface area contributed by atoms with Crippen molar-refractivity contribution in [3.8, 4) is 0 Å². The molecule has 116 valence electrons. The molecule has 0 saturated heterocycles. The summed E-state index contributed by atoms with van der Waals surface area (Å²) in [5.74, 6) is -1.11. The summed E-state index contributed by atoms with van der Waals surface area (Å²) in [6, 6.07) is 5.55. The van der Waals surface area contributed by atoms with Crippen LogP contribution in [0.2, 0.25) is 0 Å². The molecule has 7 heteroatoms. The average Bonchev–Trinajstić information content (AvgIpc) is 2.42. The highest BCUT2D eigenvalue weighted by molar-refractivity contribution is 5.97. The van der Waals surface area contributed by atoms with Gasteiger partial charge in [-0.05, 0) is 18.9 Å². The van der Waals surface area contributed by atoms with Gasteiger partial charge in [-0.1, -0.05) is 26.0 Å². The zero-order valence-electron chi connectivity index (χ0n) is 12.5. The van der Waals surface area contributed by atoms with Crippen LogP contribution >= 0.6 is 0 Å². The first-order chi connectivity index (χ1) is 10.3. The standard InChI is InChI=1S/C15H17N3O4/c1-8(2)13(15(19)20)17-11-7-9(3)16-14-10(11)5-4-6-12(14)18(21)22/h4-8,13H,1-3H3,(H,16,17)(H,19,20)/t13-/m0/s1. The van der Waals surface area contributed by atoms with Crippen LogP contribution < -0.4 is 5.32 Å². The number of aromatic nitrogens is 1. The Bertz CT molecular complexity index is 743. The number of fused-ring (bicyclic) bond motifs is 1. The predicted octanol–water partition coefficient (Wildman–Crippen LogP) is 2.97. The summed E-state index contributed by atoms with van der Waals surface area (Å²) in [4.78, 5) is 26.2. The summed E-state index contributed by atoms with van der Waals surface area (Å²) in [7, 11) is 0. The number of nitrogens with zero attached hydrogens (tertiary/aromatic N) is 2. The van der Waals surface area contributed by atoms with Crippen molar-refractivity contribution in [1.82, 2.24) is 4.98 Å². The molecule has 1 aromatic carbocycles. The van der Waals surface area contributed by atoms with Crippen molar-refractivity contribution in [2.45, 2.75) is 26.8 Å². The van der Waals surface area contributed by atoms with Crippen LogP contribution in [0.4, 0.5) is 11.4 Å². The topological polar surface area (TPSA) is 105 Å². The van der Waals surface area contributed by atoms with Crippen molar-refractivity contribution < 1.29 is 14.8 Å². The van der Waals surface area contributed by atoms with Gasteiger partial charge in [-0.15, -0.1) is 0 Å². The fourth-order valence-electron chi connectivity index (χ4n) is 2.31. The lowest BCUT2D eigenvalue weighted by Gasteiger charge is -2.20. The minimum Gasteiger partial charge on any atom is -0.480 e. The SMILES string of the molecule is Cc1cc(N[C@H](C(=O)O)C(C)C)c2cccc([N+](=O)[O-])c2n1. The number of nitro groups is 1. The second-order valence-electron chi connectivity index (χ2n) is 5.45. The Labute approximate surface area is 127 Å². The zero-order chi connectivity index (χ0) is 16.4. The Kier molecular flexibility index (Phi) is 4.25. The maximum atomic E-state index is 11.4. The number of hydrogen-bond acceptors (Lipinski definition) is 5. The van der Waals surface area contributed by atoms with E-state index >= 15 is 0 Å². The summed E-state index contributed by atoms with van der Waals surface area (Å²) in [5.41, 5.74) is 1.27. The van der Waals surface area contributed by atoms with Crippen LogP contribution in [-0.2, 0) is 4.79 Å². The van der Waals surface area contributed by atoms with Gasteiger partial charge in [0.25, 0.3) is 5.69 Å². The molecule has 0 radical (unpaired) electrons. The van der Waals surface area contributed by atoms with Gasteiger partial charge >= 0.3 is 5.97 Å². The van der Waals surface area contributed by atoms with E-state index in [1.807, 2.05) is 0 Å². The third kappa shape index (κ3) is 2.98. The number of aliphatic carboxylic acids is 1. The number of pyridine rings is 1. The van der Waals surface area contributed by atoms with E-state index in [1.54, 1.807) is 39.0 Å². The van der Waals surface area contributed by atoms with Crippen LogP contribution in [0.1, 0.15) is 19.5 Å². The van der Waals surface area contributed by atoms with Crippen LogP contribution in [0.25, 0.3) is 10.9 Å². The van der Waals surface area contributed by atoms with Crippen molar-refractivity contribution >= 4 is 28.2 Å². The fourth-order valence-corrected chi connectivity index (χ4v) is 2.31. The number of carbonyl (C=O) groups is 1. The van der Waals surface area contributed by atoms with E-state index in [0.29, 0.717) is 16.8 Å². The first-order valence-electron chi connectivity index (χ1n) is 6.85.